The summed E-state index contributed by atoms with van der Waals surface area (Å²) in [5, 5.41) is 9.74. The van der Waals surface area contributed by atoms with Crippen LogP contribution in [0.3, 0.4) is 0 Å². The third-order valence-corrected chi connectivity index (χ3v) is 7.19. The van der Waals surface area contributed by atoms with Gasteiger partial charge in [0.2, 0.25) is 17.8 Å². The number of anilines is 2. The van der Waals surface area contributed by atoms with E-state index in [9.17, 15) is 4.79 Å². The first-order valence-electron chi connectivity index (χ1n) is 12.0. The summed E-state index contributed by atoms with van der Waals surface area (Å²) in [6.45, 7) is 7.78. The SMILES string of the molecule is CCc1cccc(-n2c(SCC(=O)N3CCN(c4ncccn4)CC3)nnc2N2CCOCC2)c1. The molecule has 35 heavy (non-hydrogen) atoms. The van der Waals surface area contributed by atoms with Crippen LogP contribution in [0.1, 0.15) is 12.5 Å². The minimum absolute atomic E-state index is 0.105. The Labute approximate surface area is 209 Å². The van der Waals surface area contributed by atoms with Crippen LogP contribution in [0.4, 0.5) is 11.9 Å². The molecule has 0 atom stereocenters. The van der Waals surface area contributed by atoms with Gasteiger partial charge in [-0.3, -0.25) is 9.36 Å². The van der Waals surface area contributed by atoms with Crippen LogP contribution in [0, 0.1) is 0 Å². The summed E-state index contributed by atoms with van der Waals surface area (Å²) in [5.41, 5.74) is 2.26. The Morgan fingerprint density at radius 2 is 1.74 bits per heavy atom. The van der Waals surface area contributed by atoms with Crippen molar-refractivity contribution in [1.82, 2.24) is 29.6 Å². The quantitative estimate of drug-likeness (QED) is 0.457. The summed E-state index contributed by atoms with van der Waals surface area (Å²) in [6, 6.07) is 10.2. The van der Waals surface area contributed by atoms with Crippen LogP contribution < -0.4 is 9.80 Å². The normalized spacial score (nSPS) is 16.5. The molecule has 11 heteroatoms. The number of nitrogens with zero attached hydrogens (tertiary/aromatic N) is 8. The molecule has 0 aliphatic carbocycles. The summed E-state index contributed by atoms with van der Waals surface area (Å²) >= 11 is 1.44. The van der Waals surface area contributed by atoms with Gasteiger partial charge in [0.15, 0.2) is 5.16 Å². The maximum Gasteiger partial charge on any atom is 0.233 e. The standard InChI is InChI=1S/C24H30N8O2S/c1-2-19-5-3-6-20(17-19)32-23(31-13-15-34-16-14-31)27-28-24(32)35-18-21(33)29-9-11-30(12-10-29)22-25-7-4-8-26-22/h3-8,17H,2,9-16,18H2,1H3. The van der Waals surface area contributed by atoms with E-state index in [1.54, 1.807) is 12.4 Å². The Hall–Kier alpha value is -3.18. The lowest BCUT2D eigenvalue weighted by atomic mass is 10.1. The van der Waals surface area contributed by atoms with Crippen molar-refractivity contribution >= 4 is 29.6 Å². The van der Waals surface area contributed by atoms with Crippen molar-refractivity contribution in [2.24, 2.45) is 0 Å². The molecule has 0 radical (unpaired) electrons. The van der Waals surface area contributed by atoms with Crippen LogP contribution >= 0.6 is 11.8 Å². The van der Waals surface area contributed by atoms with E-state index in [1.807, 2.05) is 11.0 Å². The van der Waals surface area contributed by atoms with Gasteiger partial charge in [0.1, 0.15) is 0 Å². The summed E-state index contributed by atoms with van der Waals surface area (Å²) in [5.74, 6) is 1.93. The van der Waals surface area contributed by atoms with Gasteiger partial charge in [-0.1, -0.05) is 30.8 Å². The van der Waals surface area contributed by atoms with Crippen molar-refractivity contribution in [3.8, 4) is 5.69 Å². The largest absolute Gasteiger partial charge is 0.378 e. The maximum absolute atomic E-state index is 13.0. The first-order valence-corrected chi connectivity index (χ1v) is 13.0. The minimum atomic E-state index is 0.105. The zero-order chi connectivity index (χ0) is 24.0. The fourth-order valence-corrected chi connectivity index (χ4v) is 5.14. The van der Waals surface area contributed by atoms with Gasteiger partial charge >= 0.3 is 0 Å². The smallest absolute Gasteiger partial charge is 0.233 e. The lowest BCUT2D eigenvalue weighted by Crippen LogP contribution is -2.49. The molecule has 2 aliphatic rings. The van der Waals surface area contributed by atoms with Crippen molar-refractivity contribution in [2.75, 3.05) is 68.0 Å². The van der Waals surface area contributed by atoms with Gasteiger partial charge in [-0.25, -0.2) is 9.97 Å². The van der Waals surface area contributed by atoms with Crippen LogP contribution in [0.2, 0.25) is 0 Å². The number of benzene rings is 1. The van der Waals surface area contributed by atoms with Gasteiger partial charge in [0, 0.05) is 51.7 Å². The number of amides is 1. The van der Waals surface area contributed by atoms with E-state index in [0.29, 0.717) is 38.0 Å². The molecular formula is C24H30N8O2S. The molecule has 1 amide bonds. The third-order valence-electron chi connectivity index (χ3n) is 6.28. The lowest BCUT2D eigenvalue weighted by Gasteiger charge is -2.34. The second kappa shape index (κ2) is 11.0. The number of aryl methyl sites for hydroxylation is 1. The van der Waals surface area contributed by atoms with Crippen molar-refractivity contribution in [1.29, 1.82) is 0 Å². The number of carbonyl (C=O) groups is 1. The predicted molar refractivity (Wildman–Crippen MR) is 135 cm³/mol. The predicted octanol–water partition coefficient (Wildman–Crippen LogP) is 1.90. The van der Waals surface area contributed by atoms with Gasteiger partial charge in [0.05, 0.1) is 24.7 Å². The second-order valence-electron chi connectivity index (χ2n) is 8.45. The topological polar surface area (TPSA) is 92.5 Å². The van der Waals surface area contributed by atoms with E-state index < -0.39 is 0 Å². The van der Waals surface area contributed by atoms with E-state index in [2.05, 4.69) is 65.7 Å². The summed E-state index contributed by atoms with van der Waals surface area (Å²) in [7, 11) is 0. The van der Waals surface area contributed by atoms with E-state index in [1.165, 1.54) is 17.3 Å². The first-order chi connectivity index (χ1) is 17.2. The Balaban J connectivity index is 1.28. The molecule has 2 fully saturated rings. The Kier molecular flexibility index (Phi) is 7.43. The summed E-state index contributed by atoms with van der Waals surface area (Å²) in [4.78, 5) is 27.9. The molecule has 10 nitrogen and oxygen atoms in total. The number of thioether (sulfide) groups is 1. The maximum atomic E-state index is 13.0. The van der Waals surface area contributed by atoms with E-state index >= 15 is 0 Å². The fourth-order valence-electron chi connectivity index (χ4n) is 4.29. The monoisotopic (exact) mass is 494 g/mol. The highest BCUT2D eigenvalue weighted by atomic mass is 32.2. The highest BCUT2D eigenvalue weighted by Crippen LogP contribution is 2.28. The molecule has 2 aromatic heterocycles. The Morgan fingerprint density at radius 1 is 0.971 bits per heavy atom. The van der Waals surface area contributed by atoms with Crippen LogP contribution in [-0.4, -0.2) is 93.8 Å². The van der Waals surface area contributed by atoms with Crippen molar-refractivity contribution in [3.63, 3.8) is 0 Å². The van der Waals surface area contributed by atoms with Gasteiger partial charge in [-0.15, -0.1) is 10.2 Å². The second-order valence-corrected chi connectivity index (χ2v) is 9.39. The number of carbonyl (C=O) groups excluding carboxylic acids is 1. The molecule has 2 aliphatic heterocycles. The number of hydrogen-bond donors (Lipinski definition) is 0. The number of piperazine rings is 1. The number of aromatic nitrogens is 5. The van der Waals surface area contributed by atoms with Gasteiger partial charge in [-0.2, -0.15) is 0 Å². The van der Waals surface area contributed by atoms with Crippen molar-refractivity contribution < 1.29 is 9.53 Å². The molecule has 0 spiro atoms. The van der Waals surface area contributed by atoms with E-state index in [-0.39, 0.29) is 5.91 Å². The Morgan fingerprint density at radius 3 is 2.49 bits per heavy atom. The first kappa shape index (κ1) is 23.6. The molecule has 2 saturated heterocycles. The zero-order valence-corrected chi connectivity index (χ0v) is 20.7. The van der Waals surface area contributed by atoms with Crippen LogP contribution in [0.5, 0.6) is 0 Å². The van der Waals surface area contributed by atoms with Gasteiger partial charge in [0.25, 0.3) is 0 Å². The fraction of sp³-hybridized carbons (Fsp3) is 0.458. The molecule has 4 heterocycles. The van der Waals surface area contributed by atoms with Crippen LogP contribution in [0.25, 0.3) is 5.69 Å². The average Bonchev–Trinajstić information content (AvgIpc) is 3.37. The van der Waals surface area contributed by atoms with Crippen molar-refractivity contribution in [3.05, 3.63) is 48.3 Å². The average molecular weight is 495 g/mol. The molecular weight excluding hydrogens is 464 g/mol. The van der Waals surface area contributed by atoms with Crippen molar-refractivity contribution in [2.45, 2.75) is 18.5 Å². The molecule has 1 aromatic carbocycles. The zero-order valence-electron chi connectivity index (χ0n) is 19.9. The van der Waals surface area contributed by atoms with Crippen LogP contribution in [-0.2, 0) is 16.0 Å². The number of morpholine rings is 1. The van der Waals surface area contributed by atoms with Gasteiger partial charge < -0.3 is 19.4 Å². The highest BCUT2D eigenvalue weighted by molar-refractivity contribution is 7.99. The molecule has 0 saturated carbocycles. The number of rotatable bonds is 7. The molecule has 5 rings (SSSR count). The molecule has 3 aromatic rings. The molecule has 184 valence electrons. The summed E-state index contributed by atoms with van der Waals surface area (Å²) in [6.07, 6.45) is 4.44. The minimum Gasteiger partial charge on any atom is -0.378 e. The lowest BCUT2D eigenvalue weighted by molar-refractivity contribution is -0.128. The number of ether oxygens (including phenoxy) is 1. The Bertz CT molecular complexity index is 1130. The van der Waals surface area contributed by atoms with E-state index in [0.717, 1.165) is 49.4 Å². The van der Waals surface area contributed by atoms with E-state index in [4.69, 9.17) is 4.74 Å². The van der Waals surface area contributed by atoms with Crippen LogP contribution in [0.15, 0.2) is 47.9 Å². The third kappa shape index (κ3) is 5.40. The van der Waals surface area contributed by atoms with Gasteiger partial charge in [-0.05, 0) is 30.2 Å². The molecule has 0 bridgehead atoms. The summed E-state index contributed by atoms with van der Waals surface area (Å²) < 4.78 is 7.60. The molecule has 0 N–H and O–H groups in total. The number of hydrogen-bond acceptors (Lipinski definition) is 9. The molecule has 0 unspecified atom stereocenters. The highest BCUT2D eigenvalue weighted by Gasteiger charge is 2.25.